The Hall–Kier alpha value is -2.35. The summed E-state index contributed by atoms with van der Waals surface area (Å²) in [6.07, 6.45) is 4.24. The van der Waals surface area contributed by atoms with E-state index in [9.17, 15) is 4.79 Å². The number of ketones is 1. The first kappa shape index (κ1) is 15.0. The number of carbonyl (C=O) groups excluding carboxylic acids is 1. The highest BCUT2D eigenvalue weighted by Crippen LogP contribution is 2.14. The number of benzene rings is 2. The van der Waals surface area contributed by atoms with Crippen LogP contribution in [-0.4, -0.2) is 5.78 Å². The molecule has 0 aromatic heterocycles. The lowest BCUT2D eigenvalue weighted by Crippen LogP contribution is -1.97. The monoisotopic (exact) mass is 279 g/mol. The molecule has 0 radical (unpaired) electrons. The summed E-state index contributed by atoms with van der Waals surface area (Å²) in [7, 11) is 0. The summed E-state index contributed by atoms with van der Waals surface area (Å²) in [5.41, 5.74) is 5.43. The molecule has 0 heterocycles. The molecule has 2 heteroatoms. The SMILES string of the molecule is CCc1ccc(C(=O)C=CNc2ccc(C)c(C)c2)cc1. The second-order valence-corrected chi connectivity index (χ2v) is 5.19. The second kappa shape index (κ2) is 6.89. The van der Waals surface area contributed by atoms with Crippen molar-refractivity contribution in [3.63, 3.8) is 0 Å². The van der Waals surface area contributed by atoms with Crippen LogP contribution in [-0.2, 0) is 6.42 Å². The number of anilines is 1. The minimum atomic E-state index is 0.00832. The number of nitrogens with one attached hydrogen (secondary N) is 1. The zero-order chi connectivity index (χ0) is 15.2. The molecule has 0 aliphatic rings. The predicted octanol–water partition coefficient (Wildman–Crippen LogP) is 4.67. The van der Waals surface area contributed by atoms with Crippen molar-refractivity contribution >= 4 is 11.5 Å². The number of carbonyl (C=O) groups is 1. The molecule has 2 aromatic carbocycles. The van der Waals surface area contributed by atoms with E-state index in [-0.39, 0.29) is 5.78 Å². The largest absolute Gasteiger partial charge is 0.362 e. The van der Waals surface area contributed by atoms with Gasteiger partial charge in [-0.05, 0) is 49.1 Å². The molecule has 2 nitrogen and oxygen atoms in total. The molecule has 1 N–H and O–H groups in total. The molecule has 0 saturated heterocycles. The molecule has 0 saturated carbocycles. The van der Waals surface area contributed by atoms with E-state index in [0.29, 0.717) is 5.56 Å². The third-order valence-electron chi connectivity index (χ3n) is 3.64. The molecule has 0 atom stereocenters. The van der Waals surface area contributed by atoms with E-state index >= 15 is 0 Å². The van der Waals surface area contributed by atoms with Crippen LogP contribution in [0.3, 0.4) is 0 Å². The maximum atomic E-state index is 12.0. The minimum absolute atomic E-state index is 0.00832. The van der Waals surface area contributed by atoms with E-state index in [1.54, 1.807) is 12.3 Å². The van der Waals surface area contributed by atoms with Crippen LogP contribution in [0.15, 0.2) is 54.7 Å². The maximum Gasteiger partial charge on any atom is 0.187 e. The lowest BCUT2D eigenvalue weighted by Gasteiger charge is -2.04. The van der Waals surface area contributed by atoms with Gasteiger partial charge in [0.25, 0.3) is 0 Å². The van der Waals surface area contributed by atoms with Gasteiger partial charge in [0.2, 0.25) is 0 Å². The van der Waals surface area contributed by atoms with Crippen molar-refractivity contribution in [2.75, 3.05) is 5.32 Å². The van der Waals surface area contributed by atoms with Crippen LogP contribution in [0.1, 0.15) is 34.0 Å². The summed E-state index contributed by atoms with van der Waals surface area (Å²) in [5.74, 6) is 0.00832. The molecule has 0 bridgehead atoms. The highest BCUT2D eigenvalue weighted by atomic mass is 16.1. The van der Waals surface area contributed by atoms with Gasteiger partial charge in [0.1, 0.15) is 0 Å². The molecule has 21 heavy (non-hydrogen) atoms. The third kappa shape index (κ3) is 4.06. The van der Waals surface area contributed by atoms with Crippen LogP contribution in [0, 0.1) is 13.8 Å². The zero-order valence-electron chi connectivity index (χ0n) is 12.8. The Bertz CT molecular complexity index is 654. The first-order chi connectivity index (χ1) is 10.1. The smallest absolute Gasteiger partial charge is 0.187 e. The van der Waals surface area contributed by atoms with E-state index in [2.05, 4.69) is 38.2 Å². The van der Waals surface area contributed by atoms with Gasteiger partial charge in [-0.25, -0.2) is 0 Å². The summed E-state index contributed by atoms with van der Waals surface area (Å²) in [4.78, 5) is 12.0. The normalized spacial score (nSPS) is 10.8. The Morgan fingerprint density at radius 1 is 1.05 bits per heavy atom. The number of hydrogen-bond donors (Lipinski definition) is 1. The van der Waals surface area contributed by atoms with Crippen LogP contribution >= 0.6 is 0 Å². The lowest BCUT2D eigenvalue weighted by molar-refractivity contribution is 0.104. The minimum Gasteiger partial charge on any atom is -0.362 e. The molecule has 0 fully saturated rings. The van der Waals surface area contributed by atoms with Gasteiger partial charge in [0, 0.05) is 23.5 Å². The van der Waals surface area contributed by atoms with Crippen LogP contribution in [0.4, 0.5) is 5.69 Å². The van der Waals surface area contributed by atoms with Gasteiger partial charge >= 0.3 is 0 Å². The van der Waals surface area contributed by atoms with Crippen molar-refractivity contribution in [1.29, 1.82) is 0 Å². The van der Waals surface area contributed by atoms with Crippen LogP contribution < -0.4 is 5.32 Å². The molecule has 0 aliphatic carbocycles. The van der Waals surface area contributed by atoms with E-state index in [4.69, 9.17) is 0 Å². The Balaban J connectivity index is 1.99. The fraction of sp³-hybridized carbons (Fsp3) is 0.211. The average molecular weight is 279 g/mol. The van der Waals surface area contributed by atoms with Crippen molar-refractivity contribution < 1.29 is 4.79 Å². The van der Waals surface area contributed by atoms with E-state index < -0.39 is 0 Å². The fourth-order valence-corrected chi connectivity index (χ4v) is 2.05. The van der Waals surface area contributed by atoms with Gasteiger partial charge in [-0.15, -0.1) is 0 Å². The first-order valence-electron chi connectivity index (χ1n) is 7.23. The number of rotatable bonds is 5. The van der Waals surface area contributed by atoms with Gasteiger partial charge in [-0.3, -0.25) is 4.79 Å². The molecule has 0 unspecified atom stereocenters. The quantitative estimate of drug-likeness (QED) is 0.636. The van der Waals surface area contributed by atoms with Gasteiger partial charge in [-0.1, -0.05) is 37.3 Å². The van der Waals surface area contributed by atoms with Crippen molar-refractivity contribution in [2.45, 2.75) is 27.2 Å². The number of aryl methyl sites for hydroxylation is 3. The highest BCUT2D eigenvalue weighted by Gasteiger charge is 2.01. The molecular weight excluding hydrogens is 258 g/mol. The van der Waals surface area contributed by atoms with Gasteiger partial charge in [0.05, 0.1) is 0 Å². The second-order valence-electron chi connectivity index (χ2n) is 5.19. The van der Waals surface area contributed by atoms with Crippen molar-refractivity contribution in [2.24, 2.45) is 0 Å². The zero-order valence-corrected chi connectivity index (χ0v) is 12.8. The van der Waals surface area contributed by atoms with E-state index in [0.717, 1.165) is 12.1 Å². The number of hydrogen-bond acceptors (Lipinski definition) is 2. The molecule has 0 amide bonds. The Kier molecular flexibility index (Phi) is 4.94. The molecule has 0 spiro atoms. The Labute approximate surface area is 126 Å². The highest BCUT2D eigenvalue weighted by molar-refractivity contribution is 6.04. The molecule has 2 rings (SSSR count). The standard InChI is InChI=1S/C19H21NO/c1-4-16-6-8-17(9-7-16)19(21)11-12-20-18-10-5-14(2)15(3)13-18/h5-13,20H,4H2,1-3H3. The van der Waals surface area contributed by atoms with Crippen molar-refractivity contribution in [3.8, 4) is 0 Å². The maximum absolute atomic E-state index is 12.0. The summed E-state index contributed by atoms with van der Waals surface area (Å²) >= 11 is 0. The lowest BCUT2D eigenvalue weighted by atomic mass is 10.1. The Morgan fingerprint density at radius 3 is 2.38 bits per heavy atom. The Morgan fingerprint density at radius 2 is 1.76 bits per heavy atom. The van der Waals surface area contributed by atoms with Gasteiger partial charge in [-0.2, -0.15) is 0 Å². The topological polar surface area (TPSA) is 29.1 Å². The third-order valence-corrected chi connectivity index (χ3v) is 3.64. The molecule has 108 valence electrons. The number of allylic oxidation sites excluding steroid dienone is 1. The van der Waals surface area contributed by atoms with Gasteiger partial charge < -0.3 is 5.32 Å². The van der Waals surface area contributed by atoms with Crippen molar-refractivity contribution in [3.05, 3.63) is 77.0 Å². The van der Waals surface area contributed by atoms with Gasteiger partial charge in [0.15, 0.2) is 5.78 Å². The summed E-state index contributed by atoms with van der Waals surface area (Å²) in [6.45, 7) is 6.26. The molecule has 2 aromatic rings. The van der Waals surface area contributed by atoms with E-state index in [1.807, 2.05) is 30.3 Å². The summed E-state index contributed by atoms with van der Waals surface area (Å²) in [6, 6.07) is 13.9. The molecule has 0 aliphatic heterocycles. The first-order valence-corrected chi connectivity index (χ1v) is 7.23. The predicted molar refractivity (Wildman–Crippen MR) is 88.8 cm³/mol. The molecular formula is C19H21NO. The fourth-order valence-electron chi connectivity index (χ4n) is 2.05. The van der Waals surface area contributed by atoms with Crippen LogP contribution in [0.2, 0.25) is 0 Å². The average Bonchev–Trinajstić information content (AvgIpc) is 2.51. The van der Waals surface area contributed by atoms with Crippen molar-refractivity contribution in [1.82, 2.24) is 0 Å². The summed E-state index contributed by atoms with van der Waals surface area (Å²) in [5, 5.41) is 3.13. The van der Waals surface area contributed by atoms with E-state index in [1.165, 1.54) is 16.7 Å². The van der Waals surface area contributed by atoms with Crippen LogP contribution in [0.5, 0.6) is 0 Å². The summed E-state index contributed by atoms with van der Waals surface area (Å²) < 4.78 is 0. The van der Waals surface area contributed by atoms with Crippen LogP contribution in [0.25, 0.3) is 0 Å².